The molecule has 1 saturated heterocycles. The Morgan fingerprint density at radius 2 is 1.66 bits per heavy atom. The van der Waals surface area contributed by atoms with Crippen LogP contribution in [-0.4, -0.2) is 53.7 Å². The van der Waals surface area contributed by atoms with Gasteiger partial charge in [-0.05, 0) is 42.5 Å². The van der Waals surface area contributed by atoms with Crippen molar-refractivity contribution in [3.63, 3.8) is 0 Å². The lowest BCUT2D eigenvalue weighted by Gasteiger charge is -2.36. The van der Waals surface area contributed by atoms with Crippen molar-refractivity contribution in [2.24, 2.45) is 0 Å². The molecule has 0 atom stereocenters. The highest BCUT2D eigenvalue weighted by Gasteiger charge is 2.37. The third kappa shape index (κ3) is 3.43. The molecule has 0 bridgehead atoms. The minimum atomic E-state index is -0.444. The van der Waals surface area contributed by atoms with Gasteiger partial charge < -0.3 is 14.2 Å². The number of hydrogen-bond acceptors (Lipinski definition) is 5. The maximum atomic E-state index is 14.0. The van der Waals surface area contributed by atoms with E-state index in [4.69, 9.17) is 4.42 Å². The summed E-state index contributed by atoms with van der Waals surface area (Å²) in [5.41, 5.74) is 1.38. The number of rotatable bonds is 4. The number of piperazine rings is 1. The first-order valence-electron chi connectivity index (χ1n) is 10.3. The van der Waals surface area contributed by atoms with E-state index in [0.29, 0.717) is 43.2 Å². The van der Waals surface area contributed by atoms with Gasteiger partial charge in [0.25, 0.3) is 17.7 Å². The van der Waals surface area contributed by atoms with E-state index in [1.165, 1.54) is 24.5 Å². The first kappa shape index (κ1) is 20.0. The van der Waals surface area contributed by atoms with Crippen LogP contribution in [0, 0.1) is 5.82 Å². The second-order valence-electron chi connectivity index (χ2n) is 7.77. The molecular weight excluding hydrogens is 413 g/mol. The lowest BCUT2D eigenvalue weighted by Crippen LogP contribution is -2.49. The van der Waals surface area contributed by atoms with E-state index in [9.17, 15) is 18.8 Å². The molecule has 2 aliphatic heterocycles. The Bertz CT molecular complexity index is 1200. The third-order valence-electron chi connectivity index (χ3n) is 5.87. The molecule has 0 N–H and O–H groups in total. The molecule has 0 aliphatic carbocycles. The molecule has 3 aromatic rings. The van der Waals surface area contributed by atoms with Crippen LogP contribution in [-0.2, 0) is 6.54 Å². The number of carbonyl (C=O) groups excluding carboxylic acids is 3. The molecule has 2 aliphatic rings. The van der Waals surface area contributed by atoms with Gasteiger partial charge in [-0.1, -0.05) is 12.1 Å². The molecule has 0 radical (unpaired) electrons. The van der Waals surface area contributed by atoms with Gasteiger partial charge in [-0.25, -0.2) is 4.39 Å². The molecular formula is C24H20FN3O4. The predicted octanol–water partition coefficient (Wildman–Crippen LogP) is 3.18. The zero-order valence-corrected chi connectivity index (χ0v) is 17.2. The molecule has 1 fully saturated rings. The molecule has 5 rings (SSSR count). The van der Waals surface area contributed by atoms with Crippen molar-refractivity contribution in [3.8, 4) is 0 Å². The number of fused-ring (bicyclic) bond motifs is 1. The smallest absolute Gasteiger partial charge is 0.261 e. The fraction of sp³-hybridized carbons (Fsp3) is 0.208. The van der Waals surface area contributed by atoms with E-state index in [-0.39, 0.29) is 29.4 Å². The summed E-state index contributed by atoms with van der Waals surface area (Å²) in [6, 6.07) is 14.6. The van der Waals surface area contributed by atoms with E-state index in [0.717, 1.165) is 4.90 Å². The average molecular weight is 433 g/mol. The van der Waals surface area contributed by atoms with Gasteiger partial charge in [-0.2, -0.15) is 0 Å². The van der Waals surface area contributed by atoms with Gasteiger partial charge >= 0.3 is 0 Å². The number of benzene rings is 2. The van der Waals surface area contributed by atoms with E-state index < -0.39 is 11.8 Å². The summed E-state index contributed by atoms with van der Waals surface area (Å²) in [4.78, 5) is 43.2. The van der Waals surface area contributed by atoms with Crippen LogP contribution in [0.25, 0.3) is 0 Å². The Balaban J connectivity index is 1.29. The molecule has 162 valence electrons. The number of imide groups is 1. The number of furan rings is 1. The van der Waals surface area contributed by atoms with E-state index in [2.05, 4.69) is 0 Å². The average Bonchev–Trinajstić information content (AvgIpc) is 3.42. The molecule has 0 unspecified atom stereocenters. The summed E-state index contributed by atoms with van der Waals surface area (Å²) >= 11 is 0. The van der Waals surface area contributed by atoms with Crippen molar-refractivity contribution in [3.05, 3.63) is 89.1 Å². The van der Waals surface area contributed by atoms with Crippen molar-refractivity contribution in [1.82, 2.24) is 9.80 Å². The highest BCUT2D eigenvalue weighted by Crippen LogP contribution is 2.27. The highest BCUT2D eigenvalue weighted by atomic mass is 19.1. The van der Waals surface area contributed by atoms with Crippen LogP contribution in [0.2, 0.25) is 0 Å². The summed E-state index contributed by atoms with van der Waals surface area (Å²) in [5.74, 6) is -0.846. The molecule has 32 heavy (non-hydrogen) atoms. The number of anilines is 1. The van der Waals surface area contributed by atoms with Crippen LogP contribution in [0.5, 0.6) is 0 Å². The Hall–Kier alpha value is -3.94. The van der Waals surface area contributed by atoms with Gasteiger partial charge in [0.1, 0.15) is 11.6 Å². The quantitative estimate of drug-likeness (QED) is 0.591. The van der Waals surface area contributed by atoms with E-state index in [1.54, 1.807) is 41.3 Å². The molecule has 0 saturated carbocycles. The molecule has 0 spiro atoms. The summed E-state index contributed by atoms with van der Waals surface area (Å²) in [6.45, 7) is 1.92. The molecule has 2 aromatic carbocycles. The minimum Gasteiger partial charge on any atom is -0.467 e. The Kier molecular flexibility index (Phi) is 4.97. The number of para-hydroxylation sites is 1. The molecule has 7 nitrogen and oxygen atoms in total. The highest BCUT2D eigenvalue weighted by molar-refractivity contribution is 6.22. The number of hydrogen-bond donors (Lipinski definition) is 0. The van der Waals surface area contributed by atoms with Gasteiger partial charge in [-0.3, -0.25) is 19.3 Å². The molecule has 3 heterocycles. The fourth-order valence-electron chi connectivity index (χ4n) is 4.17. The number of amides is 3. The monoisotopic (exact) mass is 433 g/mol. The Morgan fingerprint density at radius 3 is 2.38 bits per heavy atom. The van der Waals surface area contributed by atoms with Gasteiger partial charge in [0.05, 0.1) is 29.6 Å². The fourth-order valence-corrected chi connectivity index (χ4v) is 4.17. The maximum absolute atomic E-state index is 14.0. The predicted molar refractivity (Wildman–Crippen MR) is 114 cm³/mol. The third-order valence-corrected chi connectivity index (χ3v) is 5.87. The van der Waals surface area contributed by atoms with Gasteiger partial charge in [0, 0.05) is 31.7 Å². The largest absolute Gasteiger partial charge is 0.467 e. The van der Waals surface area contributed by atoms with Crippen molar-refractivity contribution >= 4 is 23.4 Å². The molecule has 3 amide bonds. The van der Waals surface area contributed by atoms with Gasteiger partial charge in [0.15, 0.2) is 0 Å². The maximum Gasteiger partial charge on any atom is 0.261 e. The zero-order valence-electron chi connectivity index (χ0n) is 17.2. The summed E-state index contributed by atoms with van der Waals surface area (Å²) < 4.78 is 19.3. The first-order valence-corrected chi connectivity index (χ1v) is 10.3. The van der Waals surface area contributed by atoms with Crippen molar-refractivity contribution in [2.75, 3.05) is 31.1 Å². The number of halogens is 1. The summed E-state index contributed by atoms with van der Waals surface area (Å²) in [5, 5.41) is 0. The number of carbonyl (C=O) groups is 3. The van der Waals surface area contributed by atoms with Crippen molar-refractivity contribution in [2.45, 2.75) is 6.54 Å². The Labute approximate surface area is 183 Å². The van der Waals surface area contributed by atoms with E-state index in [1.807, 2.05) is 4.90 Å². The van der Waals surface area contributed by atoms with Crippen LogP contribution in [0.4, 0.5) is 10.1 Å². The van der Waals surface area contributed by atoms with Gasteiger partial charge in [-0.15, -0.1) is 0 Å². The SMILES string of the molecule is O=C(c1ccc2c(c1)C(=O)N(Cc1ccco1)C2=O)N1CCN(c2ccccc2F)CC1. The number of nitrogens with zero attached hydrogens (tertiary/aromatic N) is 3. The topological polar surface area (TPSA) is 74.1 Å². The van der Waals surface area contributed by atoms with Crippen LogP contribution < -0.4 is 4.90 Å². The van der Waals surface area contributed by atoms with Crippen LogP contribution in [0.3, 0.4) is 0 Å². The van der Waals surface area contributed by atoms with Crippen LogP contribution in [0.1, 0.15) is 36.8 Å². The second-order valence-corrected chi connectivity index (χ2v) is 7.77. The van der Waals surface area contributed by atoms with Crippen molar-refractivity contribution < 1.29 is 23.2 Å². The summed E-state index contributed by atoms with van der Waals surface area (Å²) in [6.07, 6.45) is 1.48. The molecule has 8 heteroatoms. The van der Waals surface area contributed by atoms with E-state index >= 15 is 0 Å². The van der Waals surface area contributed by atoms with Crippen molar-refractivity contribution in [1.29, 1.82) is 0 Å². The van der Waals surface area contributed by atoms with Gasteiger partial charge in [0.2, 0.25) is 0 Å². The zero-order chi connectivity index (χ0) is 22.2. The first-order chi connectivity index (χ1) is 15.5. The van der Waals surface area contributed by atoms with Crippen LogP contribution in [0.15, 0.2) is 65.3 Å². The lowest BCUT2D eigenvalue weighted by atomic mass is 10.0. The minimum absolute atomic E-state index is 0.0423. The summed E-state index contributed by atoms with van der Waals surface area (Å²) in [7, 11) is 0. The Morgan fingerprint density at radius 1 is 0.906 bits per heavy atom. The second kappa shape index (κ2) is 7.96. The lowest BCUT2D eigenvalue weighted by molar-refractivity contribution is 0.0631. The normalized spacial score (nSPS) is 16.0. The molecule has 1 aromatic heterocycles. The standard InChI is InChI=1S/C24H20FN3O4/c25-20-5-1-2-6-21(20)26-9-11-27(12-10-26)22(29)16-7-8-18-19(14-16)24(31)28(23(18)30)15-17-4-3-13-32-17/h1-8,13-14H,9-12,15H2. The van der Waals surface area contributed by atoms with Crippen LogP contribution >= 0.6 is 0 Å².